The van der Waals surface area contributed by atoms with Crippen molar-refractivity contribution >= 4 is 11.9 Å². The number of aromatic hydroxyl groups is 1. The minimum atomic E-state index is -1.55. The summed E-state index contributed by atoms with van der Waals surface area (Å²) in [5.41, 5.74) is 4.27. The Bertz CT molecular complexity index is 1620. The molecule has 0 aliphatic carbocycles. The highest BCUT2D eigenvalue weighted by Crippen LogP contribution is 2.30. The van der Waals surface area contributed by atoms with E-state index in [1.54, 1.807) is 7.05 Å². The molecule has 3 rings (SSSR count). The number of benzene rings is 3. The molecule has 0 spiro atoms. The highest BCUT2D eigenvalue weighted by molar-refractivity contribution is 5.99. The molecule has 3 aromatic carbocycles. The number of carboxylic acids is 1. The van der Waals surface area contributed by atoms with Gasteiger partial charge in [-0.1, -0.05) is 95.4 Å². The molecule has 0 aromatic heterocycles. The summed E-state index contributed by atoms with van der Waals surface area (Å²) in [5.74, 6) is 4.71. The number of carbonyl (C=O) groups is 2. The number of aliphatic hydroxyl groups excluding tert-OH is 5. The fraction of sp³-hybridized carbons (Fsp3) is 0.500. The van der Waals surface area contributed by atoms with Crippen LogP contribution in [0.5, 0.6) is 5.75 Å². The summed E-state index contributed by atoms with van der Waals surface area (Å²) in [6, 6.07) is 20.5. The highest BCUT2D eigenvalue weighted by Gasteiger charge is 2.29. The highest BCUT2D eigenvalue weighted by atomic mass is 16.4. The smallest absolute Gasteiger partial charge is 0.339 e. The van der Waals surface area contributed by atoms with E-state index in [0.717, 1.165) is 68.1 Å². The molecule has 0 heterocycles. The summed E-state index contributed by atoms with van der Waals surface area (Å²) in [6.45, 7) is 6.50. The van der Waals surface area contributed by atoms with Crippen molar-refractivity contribution in [2.45, 2.75) is 115 Å². The van der Waals surface area contributed by atoms with Gasteiger partial charge in [-0.2, -0.15) is 0 Å². The molecule has 11 heteroatoms. The van der Waals surface area contributed by atoms with Gasteiger partial charge in [-0.3, -0.25) is 4.79 Å². The summed E-state index contributed by atoms with van der Waals surface area (Å²) in [6.07, 6.45) is 4.65. The third-order valence-corrected chi connectivity index (χ3v) is 9.35. The van der Waals surface area contributed by atoms with Crippen LogP contribution in [0.3, 0.4) is 0 Å². The maximum absolute atomic E-state index is 13.9. The SMILES string of the molecule is CCCCCCN(C(=O)c1ccc(O)c(C(=O)O)c1)C(CCCC)c1ccc(C#Cc2ccc(CCCC)cc2)cc1.CNC[C@H](O)[C@@H](O)[C@H](O)[C@H](O)CO. The van der Waals surface area contributed by atoms with Crippen molar-refractivity contribution < 1.29 is 45.3 Å². The lowest BCUT2D eigenvalue weighted by atomic mass is 9.96. The van der Waals surface area contributed by atoms with Crippen LogP contribution in [-0.2, 0) is 6.42 Å². The second-order valence-electron chi connectivity index (χ2n) is 13.8. The van der Waals surface area contributed by atoms with Gasteiger partial charge in [0, 0.05) is 29.8 Å². The first-order valence-electron chi connectivity index (χ1n) is 19.5. The number of carboxylic acid groups (broad SMARTS) is 1. The lowest BCUT2D eigenvalue weighted by Crippen LogP contribution is -2.48. The zero-order valence-corrected chi connectivity index (χ0v) is 32.8. The van der Waals surface area contributed by atoms with Crippen LogP contribution in [0.1, 0.15) is 128 Å². The quantitative estimate of drug-likeness (QED) is 0.0513. The van der Waals surface area contributed by atoms with Crippen molar-refractivity contribution in [3.05, 3.63) is 100 Å². The number of carbonyl (C=O) groups excluding carboxylic acids is 1. The number of hydrogen-bond donors (Lipinski definition) is 8. The van der Waals surface area contributed by atoms with E-state index in [2.05, 4.69) is 74.3 Å². The van der Waals surface area contributed by atoms with Gasteiger partial charge in [-0.25, -0.2) is 4.79 Å². The Balaban J connectivity index is 0.000000685. The van der Waals surface area contributed by atoms with Crippen LogP contribution < -0.4 is 5.32 Å². The van der Waals surface area contributed by atoms with Crippen molar-refractivity contribution in [3.8, 4) is 17.6 Å². The lowest BCUT2D eigenvalue weighted by Gasteiger charge is -2.33. The van der Waals surface area contributed by atoms with Crippen LogP contribution >= 0.6 is 0 Å². The fourth-order valence-corrected chi connectivity index (χ4v) is 5.98. The van der Waals surface area contributed by atoms with E-state index in [4.69, 9.17) is 20.4 Å². The van der Waals surface area contributed by atoms with Gasteiger partial charge in [0.1, 0.15) is 29.6 Å². The Morgan fingerprint density at radius 1 is 0.745 bits per heavy atom. The maximum Gasteiger partial charge on any atom is 0.339 e. The first-order chi connectivity index (χ1) is 26.4. The summed E-state index contributed by atoms with van der Waals surface area (Å²) >= 11 is 0. The average molecular weight is 763 g/mol. The number of rotatable bonds is 21. The van der Waals surface area contributed by atoms with Crippen LogP contribution in [-0.4, -0.2) is 104 Å². The van der Waals surface area contributed by atoms with Gasteiger partial charge in [0.15, 0.2) is 0 Å². The zero-order valence-electron chi connectivity index (χ0n) is 32.8. The molecular weight excluding hydrogens is 700 g/mol. The number of aromatic carboxylic acids is 1. The monoisotopic (exact) mass is 762 g/mol. The minimum Gasteiger partial charge on any atom is -0.507 e. The number of aliphatic hydroxyl groups is 5. The Kier molecular flexibility index (Phi) is 21.9. The molecule has 0 radical (unpaired) electrons. The molecule has 5 atom stereocenters. The van der Waals surface area contributed by atoms with Gasteiger partial charge >= 0.3 is 5.97 Å². The molecule has 1 amide bonds. The number of aryl methyl sites for hydroxylation is 1. The molecule has 302 valence electrons. The summed E-state index contributed by atoms with van der Waals surface area (Å²) in [7, 11) is 1.57. The zero-order chi connectivity index (χ0) is 40.8. The number of hydrogen-bond acceptors (Lipinski definition) is 9. The summed E-state index contributed by atoms with van der Waals surface area (Å²) < 4.78 is 0. The standard InChI is InChI=1S/C37H45NO4.C7H17NO5/c1-4-7-10-11-26-38(36(40)32-24-25-35(39)33(27-32)37(41)42)34(13-9-6-3)31-22-20-30(21-23-31)19-18-29-16-14-28(15-17-29)12-8-5-2;1-8-2-4(10)6(12)7(13)5(11)3-9/h14-17,20-25,27,34,39H,4-13,26H2,1-3H3,(H,41,42);4-13H,2-3H2,1H3/t;4-,5+,6+,7+/m.0/s1. The Morgan fingerprint density at radius 3 is 1.87 bits per heavy atom. The number of nitrogens with one attached hydrogen (secondary N) is 1. The van der Waals surface area contributed by atoms with Crippen molar-refractivity contribution in [3.63, 3.8) is 0 Å². The Labute approximate surface area is 326 Å². The maximum atomic E-state index is 13.9. The molecule has 55 heavy (non-hydrogen) atoms. The second-order valence-corrected chi connectivity index (χ2v) is 13.8. The lowest BCUT2D eigenvalue weighted by molar-refractivity contribution is -0.113. The molecule has 8 N–H and O–H groups in total. The van der Waals surface area contributed by atoms with E-state index in [0.29, 0.717) is 6.54 Å². The van der Waals surface area contributed by atoms with Crippen LogP contribution in [0.2, 0.25) is 0 Å². The van der Waals surface area contributed by atoms with Crippen molar-refractivity contribution in [1.82, 2.24) is 10.2 Å². The van der Waals surface area contributed by atoms with Crippen LogP contribution in [0.15, 0.2) is 66.7 Å². The van der Waals surface area contributed by atoms with Crippen molar-refractivity contribution in [2.24, 2.45) is 0 Å². The normalized spacial score (nSPS) is 13.6. The molecule has 0 saturated heterocycles. The average Bonchev–Trinajstić information content (AvgIpc) is 3.20. The molecule has 1 unspecified atom stereocenters. The molecule has 3 aromatic rings. The third-order valence-electron chi connectivity index (χ3n) is 9.35. The van der Waals surface area contributed by atoms with Crippen molar-refractivity contribution in [2.75, 3.05) is 26.7 Å². The Hall–Kier alpha value is -4.28. The molecule has 0 bridgehead atoms. The summed E-state index contributed by atoms with van der Waals surface area (Å²) in [4.78, 5) is 27.4. The van der Waals surface area contributed by atoms with Crippen LogP contribution in [0.4, 0.5) is 0 Å². The van der Waals surface area contributed by atoms with E-state index in [9.17, 15) is 24.9 Å². The van der Waals surface area contributed by atoms with E-state index in [1.807, 2.05) is 17.0 Å². The Morgan fingerprint density at radius 2 is 1.33 bits per heavy atom. The van der Waals surface area contributed by atoms with Crippen molar-refractivity contribution in [1.29, 1.82) is 0 Å². The number of amides is 1. The van der Waals surface area contributed by atoms with E-state index in [-0.39, 0.29) is 35.4 Å². The first-order valence-corrected chi connectivity index (χ1v) is 19.5. The van der Waals surface area contributed by atoms with E-state index < -0.39 is 37.0 Å². The predicted molar refractivity (Wildman–Crippen MR) is 215 cm³/mol. The van der Waals surface area contributed by atoms with Gasteiger partial charge in [0.05, 0.1) is 18.8 Å². The molecule has 0 aliphatic rings. The van der Waals surface area contributed by atoms with Gasteiger partial charge < -0.3 is 46.0 Å². The largest absolute Gasteiger partial charge is 0.507 e. The summed E-state index contributed by atoms with van der Waals surface area (Å²) in [5, 5.41) is 67.0. The van der Waals surface area contributed by atoms with Gasteiger partial charge in [0.2, 0.25) is 0 Å². The second kappa shape index (κ2) is 25.7. The van der Waals surface area contributed by atoms with Crippen LogP contribution in [0, 0.1) is 11.8 Å². The van der Waals surface area contributed by atoms with Crippen LogP contribution in [0.25, 0.3) is 0 Å². The minimum absolute atomic E-state index is 0.0936. The molecule has 0 fully saturated rings. The van der Waals surface area contributed by atoms with Gasteiger partial charge in [-0.15, -0.1) is 0 Å². The number of likely N-dealkylation sites (N-methyl/N-ethyl adjacent to an activating group) is 1. The predicted octanol–water partition coefficient (Wildman–Crippen LogP) is 5.43. The number of unbranched alkanes of at least 4 members (excludes halogenated alkanes) is 5. The number of nitrogens with zero attached hydrogens (tertiary/aromatic N) is 1. The number of phenols is 1. The fourth-order valence-electron chi connectivity index (χ4n) is 5.98. The first kappa shape index (κ1) is 46.9. The molecule has 0 aliphatic heterocycles. The van der Waals surface area contributed by atoms with Gasteiger partial charge in [0.25, 0.3) is 5.91 Å². The van der Waals surface area contributed by atoms with E-state index >= 15 is 0 Å². The van der Waals surface area contributed by atoms with Gasteiger partial charge in [-0.05, 0) is 86.3 Å². The molecule has 11 nitrogen and oxygen atoms in total. The third kappa shape index (κ3) is 15.8. The molecule has 0 saturated carbocycles. The molecular formula is C44H62N2O9. The topological polar surface area (TPSA) is 191 Å². The van der Waals surface area contributed by atoms with E-state index in [1.165, 1.54) is 36.6 Å².